The van der Waals surface area contributed by atoms with Gasteiger partial charge in [-0.1, -0.05) is 0 Å². The number of hydrogen-bond donors (Lipinski definition) is 1. The van der Waals surface area contributed by atoms with E-state index in [1.54, 1.807) is 12.4 Å². The van der Waals surface area contributed by atoms with E-state index in [1.807, 2.05) is 11.6 Å². The molecule has 0 radical (unpaired) electrons. The predicted molar refractivity (Wildman–Crippen MR) is 72.0 cm³/mol. The average Bonchev–Trinajstić information content (AvgIpc) is 2.71. The molecule has 0 bridgehead atoms. The summed E-state index contributed by atoms with van der Waals surface area (Å²) in [4.78, 5) is 15.4. The number of nitrogens with zero attached hydrogens (tertiary/aromatic N) is 3. The molecule has 0 aromatic carbocycles. The smallest absolute Gasteiger partial charge is 0.159 e. The summed E-state index contributed by atoms with van der Waals surface area (Å²) in [5.74, 6) is 0. The summed E-state index contributed by atoms with van der Waals surface area (Å²) >= 11 is 0. The first kappa shape index (κ1) is 12.5. The van der Waals surface area contributed by atoms with Gasteiger partial charge in [0.25, 0.3) is 0 Å². The highest BCUT2D eigenvalue weighted by atomic mass is 16.1. The molecule has 0 saturated heterocycles. The van der Waals surface area contributed by atoms with Crippen LogP contribution in [0.1, 0.15) is 38.1 Å². The van der Waals surface area contributed by atoms with E-state index < -0.39 is 0 Å². The highest BCUT2D eigenvalue weighted by molar-refractivity contribution is 5.98. The first-order chi connectivity index (χ1) is 8.46. The summed E-state index contributed by atoms with van der Waals surface area (Å²) in [5, 5.41) is 8.52. The number of hydrogen-bond acceptors (Lipinski definition) is 4. The molecule has 5 nitrogen and oxygen atoms in total. The van der Waals surface area contributed by atoms with E-state index >= 15 is 0 Å². The van der Waals surface area contributed by atoms with Crippen LogP contribution in [0.25, 0.3) is 11.0 Å². The molecule has 0 aliphatic rings. The fourth-order valence-electron chi connectivity index (χ4n) is 1.88. The lowest BCUT2D eigenvalue weighted by Gasteiger charge is -2.23. The van der Waals surface area contributed by atoms with E-state index in [0.29, 0.717) is 5.56 Å². The van der Waals surface area contributed by atoms with Crippen molar-refractivity contribution in [2.75, 3.05) is 5.32 Å². The SMILES string of the molecule is CCn1ncc2c(NC(C)(C)C)c(C=O)cnc21. The summed E-state index contributed by atoms with van der Waals surface area (Å²) < 4.78 is 1.82. The Balaban J connectivity index is 2.66. The van der Waals surface area contributed by atoms with Crippen LogP contribution in [0.3, 0.4) is 0 Å². The van der Waals surface area contributed by atoms with E-state index in [-0.39, 0.29) is 5.54 Å². The number of rotatable bonds is 3. The third kappa shape index (κ3) is 2.20. The number of carbonyl (C=O) groups excluding carboxylic acids is 1. The molecule has 2 heterocycles. The highest BCUT2D eigenvalue weighted by Gasteiger charge is 2.17. The van der Waals surface area contributed by atoms with Crippen LogP contribution in [0.2, 0.25) is 0 Å². The Morgan fingerprint density at radius 1 is 1.39 bits per heavy atom. The Kier molecular flexibility index (Phi) is 3.07. The van der Waals surface area contributed by atoms with Crippen LogP contribution in [0.4, 0.5) is 5.69 Å². The fourth-order valence-corrected chi connectivity index (χ4v) is 1.88. The van der Waals surface area contributed by atoms with Gasteiger partial charge in [-0.3, -0.25) is 4.79 Å². The molecule has 0 fully saturated rings. The lowest BCUT2D eigenvalue weighted by molar-refractivity contribution is 0.112. The van der Waals surface area contributed by atoms with Gasteiger partial charge in [-0.2, -0.15) is 5.10 Å². The van der Waals surface area contributed by atoms with E-state index in [1.165, 1.54) is 0 Å². The van der Waals surface area contributed by atoms with E-state index in [0.717, 1.165) is 29.6 Å². The minimum atomic E-state index is -0.125. The van der Waals surface area contributed by atoms with Crippen molar-refractivity contribution in [2.24, 2.45) is 0 Å². The maximum Gasteiger partial charge on any atom is 0.159 e. The maximum atomic E-state index is 11.1. The number of carbonyl (C=O) groups is 1. The van der Waals surface area contributed by atoms with Crippen LogP contribution in [-0.4, -0.2) is 26.6 Å². The second-order valence-corrected chi connectivity index (χ2v) is 5.28. The topological polar surface area (TPSA) is 59.8 Å². The van der Waals surface area contributed by atoms with Crippen molar-refractivity contribution < 1.29 is 4.79 Å². The van der Waals surface area contributed by atoms with E-state index in [9.17, 15) is 4.79 Å². The molecule has 0 aliphatic carbocycles. The monoisotopic (exact) mass is 246 g/mol. The van der Waals surface area contributed by atoms with E-state index in [2.05, 4.69) is 36.2 Å². The molecule has 0 unspecified atom stereocenters. The van der Waals surface area contributed by atoms with Gasteiger partial charge >= 0.3 is 0 Å². The third-order valence-corrected chi connectivity index (χ3v) is 2.62. The van der Waals surface area contributed by atoms with Gasteiger partial charge in [-0.25, -0.2) is 9.67 Å². The molecule has 2 aromatic rings. The van der Waals surface area contributed by atoms with Crippen LogP contribution in [0, 0.1) is 0 Å². The molecule has 0 atom stereocenters. The number of aldehydes is 1. The number of aryl methyl sites for hydroxylation is 1. The summed E-state index contributed by atoms with van der Waals surface area (Å²) in [5.41, 5.74) is 2.05. The van der Waals surface area contributed by atoms with Gasteiger partial charge in [0.15, 0.2) is 11.9 Å². The summed E-state index contributed by atoms with van der Waals surface area (Å²) in [6.07, 6.45) is 4.17. The number of anilines is 1. The molecular weight excluding hydrogens is 228 g/mol. The summed E-state index contributed by atoms with van der Waals surface area (Å²) in [7, 11) is 0. The molecule has 0 aliphatic heterocycles. The predicted octanol–water partition coefficient (Wildman–Crippen LogP) is 2.47. The molecule has 18 heavy (non-hydrogen) atoms. The van der Waals surface area contributed by atoms with Crippen molar-refractivity contribution in [3.63, 3.8) is 0 Å². The number of fused-ring (bicyclic) bond motifs is 1. The summed E-state index contributed by atoms with van der Waals surface area (Å²) in [6, 6.07) is 0. The minimum Gasteiger partial charge on any atom is -0.379 e. The summed E-state index contributed by atoms with van der Waals surface area (Å²) in [6.45, 7) is 8.93. The van der Waals surface area contributed by atoms with Gasteiger partial charge in [0.2, 0.25) is 0 Å². The van der Waals surface area contributed by atoms with E-state index in [4.69, 9.17) is 0 Å². The zero-order chi connectivity index (χ0) is 13.3. The standard InChI is InChI=1S/C13H18N4O/c1-5-17-12-10(7-15-17)11(16-13(2,3)4)9(8-18)6-14-12/h6-8H,5H2,1-4H3,(H,14,16). The molecule has 0 amide bonds. The van der Waals surface area contributed by atoms with Gasteiger partial charge in [0.05, 0.1) is 22.8 Å². The highest BCUT2D eigenvalue weighted by Crippen LogP contribution is 2.27. The molecule has 2 rings (SSSR count). The van der Waals surface area contributed by atoms with Gasteiger partial charge in [0, 0.05) is 18.3 Å². The van der Waals surface area contributed by atoms with Gasteiger partial charge < -0.3 is 5.32 Å². The Labute approximate surface area is 106 Å². The van der Waals surface area contributed by atoms with Crippen molar-refractivity contribution in [3.8, 4) is 0 Å². The number of pyridine rings is 1. The minimum absolute atomic E-state index is 0.125. The molecule has 5 heteroatoms. The Hall–Kier alpha value is -1.91. The molecule has 0 spiro atoms. The normalized spacial score (nSPS) is 11.8. The van der Waals surface area contributed by atoms with Crippen molar-refractivity contribution in [1.29, 1.82) is 0 Å². The molecular formula is C13H18N4O. The second kappa shape index (κ2) is 4.40. The molecule has 0 saturated carbocycles. The van der Waals surface area contributed by atoms with Crippen LogP contribution < -0.4 is 5.32 Å². The molecule has 2 aromatic heterocycles. The van der Waals surface area contributed by atoms with Crippen molar-refractivity contribution >= 4 is 23.0 Å². The fraction of sp³-hybridized carbons (Fsp3) is 0.462. The quantitative estimate of drug-likeness (QED) is 0.845. The maximum absolute atomic E-state index is 11.1. The molecule has 96 valence electrons. The first-order valence-electron chi connectivity index (χ1n) is 6.04. The zero-order valence-electron chi connectivity index (χ0n) is 11.2. The van der Waals surface area contributed by atoms with Crippen LogP contribution in [0.15, 0.2) is 12.4 Å². The van der Waals surface area contributed by atoms with Crippen molar-refractivity contribution in [1.82, 2.24) is 14.8 Å². The number of nitrogens with one attached hydrogen (secondary N) is 1. The first-order valence-corrected chi connectivity index (χ1v) is 6.04. The van der Waals surface area contributed by atoms with Crippen LogP contribution >= 0.6 is 0 Å². The van der Waals surface area contributed by atoms with Crippen molar-refractivity contribution in [2.45, 2.75) is 39.8 Å². The lowest BCUT2D eigenvalue weighted by atomic mass is 10.1. The van der Waals surface area contributed by atoms with Gasteiger partial charge in [-0.05, 0) is 27.7 Å². The zero-order valence-corrected chi connectivity index (χ0v) is 11.2. The Morgan fingerprint density at radius 3 is 2.67 bits per heavy atom. The lowest BCUT2D eigenvalue weighted by Crippen LogP contribution is -2.27. The van der Waals surface area contributed by atoms with Crippen LogP contribution in [-0.2, 0) is 6.54 Å². The Bertz CT molecular complexity index is 580. The Morgan fingerprint density at radius 2 is 2.11 bits per heavy atom. The third-order valence-electron chi connectivity index (χ3n) is 2.62. The van der Waals surface area contributed by atoms with Crippen LogP contribution in [0.5, 0.6) is 0 Å². The largest absolute Gasteiger partial charge is 0.379 e. The average molecular weight is 246 g/mol. The second-order valence-electron chi connectivity index (χ2n) is 5.28. The molecule has 1 N–H and O–H groups in total. The van der Waals surface area contributed by atoms with Crippen molar-refractivity contribution in [3.05, 3.63) is 18.0 Å². The number of aromatic nitrogens is 3. The van der Waals surface area contributed by atoms with Gasteiger partial charge in [0.1, 0.15) is 0 Å². The van der Waals surface area contributed by atoms with Gasteiger partial charge in [-0.15, -0.1) is 0 Å².